The van der Waals surface area contributed by atoms with Gasteiger partial charge in [0.15, 0.2) is 5.69 Å². The number of rotatable bonds is 4. The van der Waals surface area contributed by atoms with E-state index in [-0.39, 0.29) is 5.69 Å². The van der Waals surface area contributed by atoms with Gasteiger partial charge in [-0.2, -0.15) is 18.3 Å². The quantitative estimate of drug-likeness (QED) is 0.320. The summed E-state index contributed by atoms with van der Waals surface area (Å²) in [5, 5.41) is 37.1. The van der Waals surface area contributed by atoms with Gasteiger partial charge in [0, 0.05) is 30.3 Å². The average Bonchev–Trinajstić information content (AvgIpc) is 3.40. The number of hydrogen-bond donors (Lipinski definition) is 3. The van der Waals surface area contributed by atoms with Crippen molar-refractivity contribution in [1.29, 1.82) is 0 Å². The van der Waals surface area contributed by atoms with Gasteiger partial charge >= 0.3 is 6.18 Å². The molecule has 1 aromatic heterocycles. The molecule has 2 heterocycles. The van der Waals surface area contributed by atoms with Gasteiger partial charge < -0.3 is 20.2 Å². The molecule has 3 atom stereocenters. The van der Waals surface area contributed by atoms with Crippen LogP contribution >= 0.6 is 0 Å². The second kappa shape index (κ2) is 9.25. The predicted molar refractivity (Wildman–Crippen MR) is 144 cm³/mol. The van der Waals surface area contributed by atoms with E-state index < -0.39 is 52.8 Å². The van der Waals surface area contributed by atoms with E-state index in [2.05, 4.69) is 12.0 Å². The van der Waals surface area contributed by atoms with E-state index in [0.29, 0.717) is 0 Å². The maximum absolute atomic E-state index is 14.1. The van der Waals surface area contributed by atoms with E-state index in [4.69, 9.17) is 0 Å². The van der Waals surface area contributed by atoms with Crippen molar-refractivity contribution in [3.8, 4) is 11.6 Å². The molecule has 0 spiro atoms. The van der Waals surface area contributed by atoms with Crippen LogP contribution < -0.4 is 4.90 Å². The molecule has 4 aromatic rings. The molecule has 0 bridgehead atoms. The highest BCUT2D eigenvalue weighted by Crippen LogP contribution is 2.55. The summed E-state index contributed by atoms with van der Waals surface area (Å²) < 4.78 is 43.0. The maximum Gasteiger partial charge on any atom is 0.435 e. The minimum atomic E-state index is -4.91. The molecular weight excluding hydrogens is 519 g/mol. The first kappa shape index (κ1) is 26.2. The lowest BCUT2D eigenvalue weighted by molar-refractivity contribution is -0.145. The van der Waals surface area contributed by atoms with Gasteiger partial charge in [0.1, 0.15) is 0 Å². The second-order valence-corrected chi connectivity index (χ2v) is 10.5. The van der Waals surface area contributed by atoms with Gasteiger partial charge in [0.2, 0.25) is 5.88 Å². The minimum Gasteiger partial charge on any atom is -0.493 e. The zero-order chi connectivity index (χ0) is 28.4. The van der Waals surface area contributed by atoms with Crippen LogP contribution in [0.5, 0.6) is 5.88 Å². The fraction of sp³-hybridized carbons (Fsp3) is 0.258. The number of allylic oxidation sites excluding steroid dienone is 1. The minimum absolute atomic E-state index is 0.225. The molecule has 1 fully saturated rings. The summed E-state index contributed by atoms with van der Waals surface area (Å²) in [6.45, 7) is 2.06. The summed E-state index contributed by atoms with van der Waals surface area (Å²) in [7, 11) is 1.89. The smallest absolute Gasteiger partial charge is 0.435 e. The Bertz CT molecular complexity index is 1580. The van der Waals surface area contributed by atoms with Crippen molar-refractivity contribution < 1.29 is 28.5 Å². The van der Waals surface area contributed by atoms with Crippen LogP contribution in [-0.4, -0.2) is 44.4 Å². The van der Waals surface area contributed by atoms with Gasteiger partial charge in [-0.15, -0.1) is 0 Å². The van der Waals surface area contributed by atoms with Crippen LogP contribution in [0, 0.1) is 5.92 Å². The van der Waals surface area contributed by atoms with Gasteiger partial charge in [0.25, 0.3) is 0 Å². The molecular formula is C31H28F3N3O3. The number of anilines is 1. The van der Waals surface area contributed by atoms with Crippen LogP contribution in [0.15, 0.2) is 96.7 Å². The molecule has 6 nitrogen and oxygen atoms in total. The number of likely N-dealkylation sites (N-methyl/N-ethyl adjacent to an activating group) is 1. The van der Waals surface area contributed by atoms with E-state index in [1.165, 1.54) is 12.1 Å². The molecule has 1 saturated carbocycles. The molecule has 3 N–H and O–H groups in total. The Balaban J connectivity index is 1.42. The summed E-state index contributed by atoms with van der Waals surface area (Å²) in [6, 6.07) is 25.6. The topological polar surface area (TPSA) is 81.8 Å². The Kier molecular flexibility index (Phi) is 6.05. The number of aromatic nitrogens is 2. The summed E-state index contributed by atoms with van der Waals surface area (Å²) in [5.74, 6) is -3.01. The third kappa shape index (κ3) is 3.76. The molecule has 206 valence electrons. The number of fused-ring (bicyclic) bond motifs is 1. The fourth-order valence-electron chi connectivity index (χ4n) is 6.29. The normalized spacial score (nSPS) is 27.1. The first-order valence-corrected chi connectivity index (χ1v) is 13.0. The van der Waals surface area contributed by atoms with Crippen LogP contribution in [0.1, 0.15) is 35.2 Å². The number of para-hydroxylation sites is 2. The first-order chi connectivity index (χ1) is 19.0. The fourth-order valence-corrected chi connectivity index (χ4v) is 6.29. The molecule has 1 aliphatic carbocycles. The molecule has 3 aromatic carbocycles. The van der Waals surface area contributed by atoms with Crippen LogP contribution in [0.3, 0.4) is 0 Å². The van der Waals surface area contributed by atoms with Crippen molar-refractivity contribution in [1.82, 2.24) is 9.78 Å². The molecule has 6 rings (SSSR count). The van der Waals surface area contributed by atoms with Crippen molar-refractivity contribution in [3.63, 3.8) is 0 Å². The zero-order valence-corrected chi connectivity index (χ0v) is 21.8. The highest BCUT2D eigenvalue weighted by atomic mass is 19.4. The number of halogens is 3. The Morgan fingerprint density at radius 1 is 0.875 bits per heavy atom. The number of aliphatic hydroxyl groups is 2. The van der Waals surface area contributed by atoms with Crippen LogP contribution in [-0.2, 0) is 11.6 Å². The van der Waals surface area contributed by atoms with E-state index in [1.54, 1.807) is 24.3 Å². The largest absolute Gasteiger partial charge is 0.493 e. The van der Waals surface area contributed by atoms with Gasteiger partial charge in [0.05, 0.1) is 28.9 Å². The van der Waals surface area contributed by atoms with Gasteiger partial charge in [-0.1, -0.05) is 72.8 Å². The first-order valence-electron chi connectivity index (χ1n) is 13.0. The van der Waals surface area contributed by atoms with Gasteiger partial charge in [-0.25, -0.2) is 4.68 Å². The Labute approximate surface area is 229 Å². The summed E-state index contributed by atoms with van der Waals surface area (Å²) >= 11 is 0. The maximum atomic E-state index is 14.1. The molecule has 3 unspecified atom stereocenters. The van der Waals surface area contributed by atoms with Crippen molar-refractivity contribution in [2.24, 2.45) is 5.92 Å². The SMILES string of the molecule is CN1C(=CC2C(O)C(c3c(C(F)(F)F)nn(-c4ccccc4)c3O)C2O)C(C)(c2ccccc2)c2ccccc21. The number of hydrogen-bond acceptors (Lipinski definition) is 5. The standard InChI is InChI=1S/C31H28F3N3O3/c1-30(18-11-5-3-6-12-18)21-15-9-10-16-22(21)36(2)23(30)17-20-26(38)24(27(20)39)25-28(31(32,33)34)35-37(29(25)40)19-13-7-4-8-14-19/h3-17,20,24,26-27,38-40H,1-2H3. The second-order valence-electron chi connectivity index (χ2n) is 10.5. The number of aliphatic hydroxyl groups excluding tert-OH is 2. The van der Waals surface area contributed by atoms with Crippen molar-refractivity contribution in [2.75, 3.05) is 11.9 Å². The third-order valence-electron chi connectivity index (χ3n) is 8.40. The molecule has 40 heavy (non-hydrogen) atoms. The van der Waals surface area contributed by atoms with Crippen molar-refractivity contribution >= 4 is 5.69 Å². The average molecular weight is 548 g/mol. The van der Waals surface area contributed by atoms with E-state index in [1.807, 2.05) is 66.5 Å². The Morgan fingerprint density at radius 2 is 1.45 bits per heavy atom. The number of alkyl halides is 3. The van der Waals surface area contributed by atoms with Crippen LogP contribution in [0.2, 0.25) is 0 Å². The van der Waals surface area contributed by atoms with E-state index in [9.17, 15) is 28.5 Å². The molecule has 9 heteroatoms. The summed E-state index contributed by atoms with van der Waals surface area (Å²) in [4.78, 5) is 1.99. The van der Waals surface area contributed by atoms with Crippen LogP contribution in [0.25, 0.3) is 5.69 Å². The van der Waals surface area contributed by atoms with Gasteiger partial charge in [-0.05, 0) is 36.2 Å². The molecule has 0 amide bonds. The summed E-state index contributed by atoms with van der Waals surface area (Å²) in [6.07, 6.45) is -5.93. The Morgan fingerprint density at radius 3 is 2.08 bits per heavy atom. The van der Waals surface area contributed by atoms with E-state index in [0.717, 1.165) is 27.2 Å². The Hall–Kier alpha value is -4.08. The lowest BCUT2D eigenvalue weighted by Crippen LogP contribution is -2.53. The zero-order valence-electron chi connectivity index (χ0n) is 21.8. The summed E-state index contributed by atoms with van der Waals surface area (Å²) in [5.41, 5.74) is 1.44. The number of benzene rings is 3. The molecule has 0 radical (unpaired) electrons. The molecule has 0 saturated heterocycles. The van der Waals surface area contributed by atoms with Crippen molar-refractivity contribution in [2.45, 2.75) is 36.6 Å². The van der Waals surface area contributed by atoms with Crippen LogP contribution in [0.4, 0.5) is 18.9 Å². The molecule has 2 aliphatic rings. The van der Waals surface area contributed by atoms with E-state index >= 15 is 0 Å². The molecule has 1 aliphatic heterocycles. The lowest BCUT2D eigenvalue weighted by atomic mass is 9.64. The number of nitrogens with zero attached hydrogens (tertiary/aromatic N) is 3. The highest BCUT2D eigenvalue weighted by Gasteiger charge is 2.56. The predicted octanol–water partition coefficient (Wildman–Crippen LogP) is 5.37. The monoisotopic (exact) mass is 547 g/mol. The number of aromatic hydroxyl groups is 1. The lowest BCUT2D eigenvalue weighted by Gasteiger charge is -2.46. The third-order valence-corrected chi connectivity index (χ3v) is 8.40. The van der Waals surface area contributed by atoms with Gasteiger partial charge in [-0.3, -0.25) is 0 Å². The van der Waals surface area contributed by atoms with Crippen molar-refractivity contribution in [3.05, 3.63) is 119 Å². The highest BCUT2D eigenvalue weighted by molar-refractivity contribution is 5.73.